The Morgan fingerprint density at radius 3 is 2.92 bits per heavy atom. The second kappa shape index (κ2) is 4.30. The monoisotopic (exact) mass is 191 g/mol. The summed E-state index contributed by atoms with van der Waals surface area (Å²) in [6.07, 6.45) is 2.38. The lowest BCUT2D eigenvalue weighted by Gasteiger charge is -2.24. The fourth-order valence-corrected chi connectivity index (χ4v) is 1.26. The second-order valence-electron chi connectivity index (χ2n) is 2.72. The van der Waals surface area contributed by atoms with E-state index in [1.165, 1.54) is 4.90 Å². The number of hydrogen-bond donors (Lipinski definition) is 0. The fourth-order valence-electron chi connectivity index (χ4n) is 1.21. The van der Waals surface area contributed by atoms with Crippen LogP contribution in [0.25, 0.3) is 0 Å². The number of hydrogen-bond acceptors (Lipinski definition) is 3. The molecular weight excluding hydrogens is 182 g/mol. The first-order chi connectivity index (χ1) is 5.74. The average molecular weight is 192 g/mol. The summed E-state index contributed by atoms with van der Waals surface area (Å²) < 4.78 is 3.94. The Morgan fingerprint density at radius 1 is 1.58 bits per heavy atom. The number of amides is 1. The Kier molecular flexibility index (Phi) is 3.34. The maximum Gasteiger partial charge on any atom is 0.343 e. The number of carbonyl (C=O) groups is 2. The third-order valence-corrected chi connectivity index (χ3v) is 2.00. The molecule has 1 saturated heterocycles. The topological polar surface area (TPSA) is 46.6 Å². The number of halogens is 1. The minimum absolute atomic E-state index is 0.00307. The van der Waals surface area contributed by atoms with E-state index >= 15 is 0 Å². The van der Waals surface area contributed by atoms with Crippen molar-refractivity contribution < 1.29 is 13.9 Å². The molecule has 1 amide bonds. The third kappa shape index (κ3) is 2.37. The molecule has 68 valence electrons. The van der Waals surface area contributed by atoms with Crippen molar-refractivity contribution in [3.8, 4) is 0 Å². The van der Waals surface area contributed by atoms with Crippen LogP contribution < -0.4 is 0 Å². The van der Waals surface area contributed by atoms with Crippen molar-refractivity contribution in [2.45, 2.75) is 19.3 Å². The largest absolute Gasteiger partial charge is 0.346 e. The van der Waals surface area contributed by atoms with Crippen LogP contribution in [0.4, 0.5) is 0 Å². The van der Waals surface area contributed by atoms with Gasteiger partial charge >= 0.3 is 5.97 Å². The van der Waals surface area contributed by atoms with Crippen LogP contribution in [0.3, 0.4) is 0 Å². The highest BCUT2D eigenvalue weighted by Crippen LogP contribution is 2.09. The molecule has 1 aliphatic heterocycles. The van der Waals surface area contributed by atoms with E-state index in [9.17, 15) is 9.59 Å². The molecule has 0 bridgehead atoms. The van der Waals surface area contributed by atoms with Gasteiger partial charge in [-0.2, -0.15) is 0 Å². The van der Waals surface area contributed by atoms with Crippen LogP contribution in [0, 0.1) is 0 Å². The molecule has 0 saturated carbocycles. The fraction of sp³-hybridized carbons (Fsp3) is 0.714. The maximum atomic E-state index is 11.1. The molecule has 0 aromatic heterocycles. The van der Waals surface area contributed by atoms with Gasteiger partial charge in [-0.3, -0.25) is 4.79 Å². The van der Waals surface area contributed by atoms with E-state index in [0.717, 1.165) is 12.8 Å². The molecule has 1 heterocycles. The van der Waals surface area contributed by atoms with Crippen LogP contribution in [-0.4, -0.2) is 29.9 Å². The summed E-state index contributed by atoms with van der Waals surface area (Å²) >= 11 is 4.83. The molecule has 4 nitrogen and oxygen atoms in total. The molecule has 0 N–H and O–H groups in total. The summed E-state index contributed by atoms with van der Waals surface area (Å²) in [6, 6.07) is 0. The van der Waals surface area contributed by atoms with E-state index in [1.54, 1.807) is 0 Å². The van der Waals surface area contributed by atoms with Gasteiger partial charge in [-0.05, 0) is 12.8 Å². The molecule has 0 radical (unpaired) electrons. The zero-order valence-corrected chi connectivity index (χ0v) is 7.34. The predicted octanol–water partition coefficient (Wildman–Crippen LogP) is 0.696. The van der Waals surface area contributed by atoms with E-state index in [2.05, 4.69) is 4.29 Å². The molecule has 0 aromatic carbocycles. The number of rotatable bonds is 2. The molecule has 5 heteroatoms. The molecule has 0 atom stereocenters. The van der Waals surface area contributed by atoms with Crippen molar-refractivity contribution in [1.29, 1.82) is 0 Å². The zero-order valence-electron chi connectivity index (χ0n) is 6.59. The quantitative estimate of drug-likeness (QED) is 0.646. The highest BCUT2D eigenvalue weighted by molar-refractivity contribution is 6.13. The van der Waals surface area contributed by atoms with Crippen LogP contribution in [-0.2, 0) is 13.9 Å². The van der Waals surface area contributed by atoms with Gasteiger partial charge in [0.05, 0.1) is 0 Å². The lowest BCUT2D eigenvalue weighted by atomic mass is 10.1. The lowest BCUT2D eigenvalue weighted by molar-refractivity contribution is -0.143. The van der Waals surface area contributed by atoms with Gasteiger partial charge in [0.2, 0.25) is 5.91 Å². The molecule has 0 unspecified atom stereocenters. The van der Waals surface area contributed by atoms with Gasteiger partial charge in [-0.15, -0.1) is 0 Å². The standard InChI is InChI=1S/C7H10ClNO3/c8-12-7(11)5-9-4-2-1-3-6(9)10/h1-5H2. The van der Waals surface area contributed by atoms with E-state index in [1.807, 2.05) is 0 Å². The molecule has 1 rings (SSSR count). The van der Waals surface area contributed by atoms with Crippen molar-refractivity contribution >= 4 is 23.7 Å². The smallest absolute Gasteiger partial charge is 0.343 e. The van der Waals surface area contributed by atoms with Crippen molar-refractivity contribution in [3.05, 3.63) is 0 Å². The van der Waals surface area contributed by atoms with Crippen molar-refractivity contribution in [3.63, 3.8) is 0 Å². The first kappa shape index (κ1) is 9.32. The van der Waals surface area contributed by atoms with Gasteiger partial charge in [0.1, 0.15) is 18.4 Å². The van der Waals surface area contributed by atoms with E-state index in [4.69, 9.17) is 11.9 Å². The zero-order chi connectivity index (χ0) is 8.97. The van der Waals surface area contributed by atoms with E-state index in [-0.39, 0.29) is 12.5 Å². The highest BCUT2D eigenvalue weighted by Gasteiger charge is 2.20. The van der Waals surface area contributed by atoms with Gasteiger partial charge in [0.25, 0.3) is 0 Å². The molecule has 0 spiro atoms. The van der Waals surface area contributed by atoms with Crippen molar-refractivity contribution in [2.24, 2.45) is 0 Å². The normalized spacial score (nSPS) is 17.8. The van der Waals surface area contributed by atoms with E-state index in [0.29, 0.717) is 13.0 Å². The summed E-state index contributed by atoms with van der Waals surface area (Å²) in [6.45, 7) is 0.604. The Bertz CT molecular complexity index is 195. The summed E-state index contributed by atoms with van der Waals surface area (Å²) in [4.78, 5) is 23.3. The second-order valence-corrected chi connectivity index (χ2v) is 2.88. The summed E-state index contributed by atoms with van der Waals surface area (Å²) in [5.74, 6) is -0.574. The number of nitrogens with zero attached hydrogens (tertiary/aromatic N) is 1. The SMILES string of the molecule is O=C(CN1CCCCC1=O)OCl. The average Bonchev–Trinajstić information content (AvgIpc) is 2.09. The Hall–Kier alpha value is -0.770. The third-order valence-electron chi connectivity index (χ3n) is 1.83. The molecule has 0 aliphatic carbocycles. The van der Waals surface area contributed by atoms with Crippen LogP contribution in [0.15, 0.2) is 0 Å². The van der Waals surface area contributed by atoms with Crippen molar-refractivity contribution in [2.75, 3.05) is 13.1 Å². The van der Waals surface area contributed by atoms with Crippen LogP contribution in [0.2, 0.25) is 0 Å². The van der Waals surface area contributed by atoms with Crippen LogP contribution in [0.1, 0.15) is 19.3 Å². The summed E-state index contributed by atoms with van der Waals surface area (Å²) in [5.41, 5.74) is 0. The summed E-state index contributed by atoms with van der Waals surface area (Å²) in [5, 5.41) is 0. The molecular formula is C7H10ClNO3. The van der Waals surface area contributed by atoms with Gasteiger partial charge in [0, 0.05) is 13.0 Å². The van der Waals surface area contributed by atoms with Gasteiger partial charge in [0.15, 0.2) is 0 Å². The van der Waals surface area contributed by atoms with Gasteiger partial charge < -0.3 is 9.19 Å². The first-order valence-corrected chi connectivity index (χ1v) is 4.14. The molecule has 1 aliphatic rings. The Labute approximate surface area is 75.6 Å². The van der Waals surface area contributed by atoms with E-state index < -0.39 is 5.97 Å². The van der Waals surface area contributed by atoms with Gasteiger partial charge in [-0.25, -0.2) is 4.79 Å². The minimum Gasteiger partial charge on any atom is -0.346 e. The summed E-state index contributed by atoms with van der Waals surface area (Å²) in [7, 11) is 0. The maximum absolute atomic E-state index is 11.1. The highest BCUT2D eigenvalue weighted by atomic mass is 35.5. The van der Waals surface area contributed by atoms with Crippen LogP contribution in [0.5, 0.6) is 0 Å². The minimum atomic E-state index is -0.577. The lowest BCUT2D eigenvalue weighted by Crippen LogP contribution is -2.39. The molecule has 1 fully saturated rings. The first-order valence-electron chi connectivity index (χ1n) is 3.83. The Morgan fingerprint density at radius 2 is 2.33 bits per heavy atom. The van der Waals surface area contributed by atoms with Crippen molar-refractivity contribution in [1.82, 2.24) is 4.90 Å². The Balaban J connectivity index is 2.39. The molecule has 0 aromatic rings. The predicted molar refractivity (Wildman–Crippen MR) is 42.4 cm³/mol. The number of likely N-dealkylation sites (tertiary alicyclic amines) is 1. The number of piperidine rings is 1. The van der Waals surface area contributed by atoms with Crippen LogP contribution >= 0.6 is 11.9 Å². The molecule has 12 heavy (non-hydrogen) atoms. The number of carbonyl (C=O) groups excluding carboxylic acids is 2. The van der Waals surface area contributed by atoms with Gasteiger partial charge in [-0.1, -0.05) is 0 Å².